The second kappa shape index (κ2) is 7.49. The van der Waals surface area contributed by atoms with Gasteiger partial charge in [0.1, 0.15) is 6.61 Å². The van der Waals surface area contributed by atoms with Crippen LogP contribution < -0.4 is 0 Å². The molecule has 0 aromatic carbocycles. The lowest BCUT2D eigenvalue weighted by Gasteiger charge is -2.15. The zero-order valence-corrected chi connectivity index (χ0v) is 9.76. The van der Waals surface area contributed by atoms with Crippen LogP contribution in [0.4, 0.5) is 0 Å². The zero-order valence-electron chi connectivity index (χ0n) is 9.76. The van der Waals surface area contributed by atoms with Crippen LogP contribution in [0.25, 0.3) is 0 Å². The van der Waals surface area contributed by atoms with E-state index < -0.39 is 0 Å². The Kier molecular flexibility index (Phi) is 6.14. The van der Waals surface area contributed by atoms with Gasteiger partial charge in [-0.15, -0.1) is 0 Å². The quantitative estimate of drug-likeness (QED) is 0.347. The molecule has 0 aromatic heterocycles. The summed E-state index contributed by atoms with van der Waals surface area (Å²) in [6.07, 6.45) is 12.4. The standard InChI is InChI=1S/C13H22O2/c1-2-3-4-5-6-7-8-9-10-12-11-15-13(12)14/h10H,2-9,11H2,1H3. The fourth-order valence-electron chi connectivity index (χ4n) is 1.73. The summed E-state index contributed by atoms with van der Waals surface area (Å²) >= 11 is 0. The second-order valence-corrected chi connectivity index (χ2v) is 4.22. The Morgan fingerprint density at radius 1 is 1.13 bits per heavy atom. The number of cyclic esters (lactones) is 1. The normalized spacial score (nSPS) is 17.7. The minimum atomic E-state index is -0.113. The molecule has 2 heteroatoms. The molecule has 0 bridgehead atoms. The molecule has 0 aromatic rings. The molecule has 1 rings (SSSR count). The number of hydrogen-bond acceptors (Lipinski definition) is 2. The van der Waals surface area contributed by atoms with Crippen LogP contribution in [-0.2, 0) is 9.53 Å². The number of esters is 1. The van der Waals surface area contributed by atoms with Gasteiger partial charge in [-0.05, 0) is 12.8 Å². The molecule has 86 valence electrons. The molecule has 0 spiro atoms. The number of unbranched alkanes of at least 4 members (excludes halogenated alkanes) is 7. The number of carbonyl (C=O) groups is 1. The van der Waals surface area contributed by atoms with Gasteiger partial charge < -0.3 is 4.74 Å². The van der Waals surface area contributed by atoms with E-state index in [-0.39, 0.29) is 5.97 Å². The van der Waals surface area contributed by atoms with Gasteiger partial charge in [0.25, 0.3) is 0 Å². The van der Waals surface area contributed by atoms with Gasteiger partial charge in [-0.25, -0.2) is 4.79 Å². The molecular formula is C13H22O2. The van der Waals surface area contributed by atoms with Crippen molar-refractivity contribution in [3.05, 3.63) is 11.6 Å². The van der Waals surface area contributed by atoms with Crippen molar-refractivity contribution in [1.29, 1.82) is 0 Å². The van der Waals surface area contributed by atoms with Crippen molar-refractivity contribution in [1.82, 2.24) is 0 Å². The van der Waals surface area contributed by atoms with E-state index in [4.69, 9.17) is 0 Å². The number of allylic oxidation sites excluding steroid dienone is 1. The van der Waals surface area contributed by atoms with Gasteiger partial charge in [0.05, 0.1) is 5.57 Å². The van der Waals surface area contributed by atoms with Gasteiger partial charge in [0.15, 0.2) is 0 Å². The van der Waals surface area contributed by atoms with E-state index in [0.29, 0.717) is 6.61 Å². The molecule has 0 radical (unpaired) electrons. The molecular weight excluding hydrogens is 188 g/mol. The summed E-state index contributed by atoms with van der Waals surface area (Å²) in [6, 6.07) is 0. The highest BCUT2D eigenvalue weighted by Gasteiger charge is 2.21. The predicted octanol–water partition coefficient (Wildman–Crippen LogP) is 3.61. The van der Waals surface area contributed by atoms with Gasteiger partial charge in [-0.3, -0.25) is 0 Å². The first-order valence-electron chi connectivity index (χ1n) is 6.20. The lowest BCUT2D eigenvalue weighted by molar-refractivity contribution is -0.147. The first-order chi connectivity index (χ1) is 7.34. The Morgan fingerprint density at radius 2 is 1.80 bits per heavy atom. The van der Waals surface area contributed by atoms with Crippen LogP contribution in [0.3, 0.4) is 0 Å². The average molecular weight is 210 g/mol. The van der Waals surface area contributed by atoms with Crippen LogP contribution in [0, 0.1) is 0 Å². The van der Waals surface area contributed by atoms with Gasteiger partial charge in [-0.2, -0.15) is 0 Å². The number of hydrogen-bond donors (Lipinski definition) is 0. The first-order valence-corrected chi connectivity index (χ1v) is 6.20. The SMILES string of the molecule is CCCCCCCCCC=C1COC1=O. The van der Waals surface area contributed by atoms with Crippen molar-refractivity contribution in [2.24, 2.45) is 0 Å². The predicted molar refractivity (Wildman–Crippen MR) is 61.7 cm³/mol. The van der Waals surface area contributed by atoms with E-state index in [1.165, 1.54) is 44.9 Å². The third-order valence-electron chi connectivity index (χ3n) is 2.82. The van der Waals surface area contributed by atoms with Gasteiger partial charge >= 0.3 is 5.97 Å². The van der Waals surface area contributed by atoms with Crippen molar-refractivity contribution in [2.45, 2.75) is 58.3 Å². The summed E-state index contributed by atoms with van der Waals surface area (Å²) < 4.78 is 4.66. The van der Waals surface area contributed by atoms with E-state index >= 15 is 0 Å². The van der Waals surface area contributed by atoms with Crippen molar-refractivity contribution < 1.29 is 9.53 Å². The Balaban J connectivity index is 1.85. The summed E-state index contributed by atoms with van der Waals surface area (Å²) in [4.78, 5) is 10.8. The Hall–Kier alpha value is -0.790. The van der Waals surface area contributed by atoms with Gasteiger partial charge in [-0.1, -0.05) is 51.5 Å². The van der Waals surface area contributed by atoms with Crippen LogP contribution in [0.15, 0.2) is 11.6 Å². The fourth-order valence-corrected chi connectivity index (χ4v) is 1.73. The van der Waals surface area contributed by atoms with E-state index in [1.807, 2.05) is 6.08 Å². The fraction of sp³-hybridized carbons (Fsp3) is 0.769. The lowest BCUT2D eigenvalue weighted by atomic mass is 10.1. The molecule has 0 atom stereocenters. The van der Waals surface area contributed by atoms with Crippen molar-refractivity contribution in [3.63, 3.8) is 0 Å². The zero-order chi connectivity index (χ0) is 10.9. The summed E-state index contributed by atoms with van der Waals surface area (Å²) in [7, 11) is 0. The molecule has 1 fully saturated rings. The third-order valence-corrected chi connectivity index (χ3v) is 2.82. The molecule has 0 amide bonds. The maximum atomic E-state index is 10.8. The third kappa shape index (κ3) is 5.01. The topological polar surface area (TPSA) is 26.3 Å². The molecule has 15 heavy (non-hydrogen) atoms. The van der Waals surface area contributed by atoms with Crippen LogP contribution in [-0.4, -0.2) is 12.6 Å². The second-order valence-electron chi connectivity index (χ2n) is 4.22. The Morgan fingerprint density at radius 3 is 2.33 bits per heavy atom. The van der Waals surface area contributed by atoms with E-state index in [9.17, 15) is 4.79 Å². The van der Waals surface area contributed by atoms with Gasteiger partial charge in [0, 0.05) is 0 Å². The summed E-state index contributed by atoms with van der Waals surface area (Å²) in [5.41, 5.74) is 0.876. The summed E-state index contributed by atoms with van der Waals surface area (Å²) in [6.45, 7) is 2.78. The first kappa shape index (κ1) is 12.3. The molecule has 2 nitrogen and oxygen atoms in total. The van der Waals surface area contributed by atoms with E-state index in [1.54, 1.807) is 0 Å². The summed E-state index contributed by atoms with van der Waals surface area (Å²) in [5, 5.41) is 0. The van der Waals surface area contributed by atoms with Crippen molar-refractivity contribution >= 4 is 5.97 Å². The molecule has 1 saturated heterocycles. The minimum Gasteiger partial charge on any atom is -0.457 e. The largest absolute Gasteiger partial charge is 0.457 e. The van der Waals surface area contributed by atoms with Crippen LogP contribution in [0.5, 0.6) is 0 Å². The van der Waals surface area contributed by atoms with Crippen LogP contribution in [0.2, 0.25) is 0 Å². The highest BCUT2D eigenvalue weighted by atomic mass is 16.6. The van der Waals surface area contributed by atoms with Crippen LogP contribution >= 0.6 is 0 Å². The van der Waals surface area contributed by atoms with Crippen molar-refractivity contribution in [3.8, 4) is 0 Å². The van der Waals surface area contributed by atoms with Crippen LogP contribution in [0.1, 0.15) is 58.3 Å². The highest BCUT2D eigenvalue weighted by molar-refractivity contribution is 5.93. The maximum Gasteiger partial charge on any atom is 0.337 e. The summed E-state index contributed by atoms with van der Waals surface area (Å²) in [5.74, 6) is -0.113. The lowest BCUT2D eigenvalue weighted by Crippen LogP contribution is -2.24. The molecule has 0 unspecified atom stereocenters. The molecule has 1 heterocycles. The number of ether oxygens (including phenoxy) is 1. The molecule has 0 saturated carbocycles. The van der Waals surface area contributed by atoms with E-state index in [0.717, 1.165) is 12.0 Å². The number of carbonyl (C=O) groups excluding carboxylic acids is 1. The average Bonchev–Trinajstić information content (AvgIpc) is 2.25. The van der Waals surface area contributed by atoms with E-state index in [2.05, 4.69) is 11.7 Å². The molecule has 1 aliphatic rings. The molecule has 1 aliphatic heterocycles. The van der Waals surface area contributed by atoms with Crippen molar-refractivity contribution in [2.75, 3.05) is 6.61 Å². The number of rotatable bonds is 8. The smallest absolute Gasteiger partial charge is 0.337 e. The van der Waals surface area contributed by atoms with Gasteiger partial charge in [0.2, 0.25) is 0 Å². The molecule has 0 aliphatic carbocycles. The maximum absolute atomic E-state index is 10.8. The minimum absolute atomic E-state index is 0.113. The highest BCUT2D eigenvalue weighted by Crippen LogP contribution is 2.14. The Bertz CT molecular complexity index is 219. The monoisotopic (exact) mass is 210 g/mol. The molecule has 0 N–H and O–H groups in total. The Labute approximate surface area is 92.7 Å².